The lowest BCUT2D eigenvalue weighted by Gasteiger charge is -2.27. The Balaban J connectivity index is 1.68. The van der Waals surface area contributed by atoms with Gasteiger partial charge in [-0.05, 0) is 52.0 Å². The van der Waals surface area contributed by atoms with Crippen molar-refractivity contribution >= 4 is 39.4 Å². The lowest BCUT2D eigenvalue weighted by Crippen LogP contribution is -2.41. The molecule has 0 aliphatic heterocycles. The molecule has 0 aliphatic rings. The minimum Gasteiger partial charge on any atom is -0.493 e. The van der Waals surface area contributed by atoms with Crippen LogP contribution in [0.5, 0.6) is 5.75 Å². The Morgan fingerprint density at radius 2 is 1.97 bits per heavy atom. The van der Waals surface area contributed by atoms with Crippen molar-refractivity contribution in [3.8, 4) is 5.75 Å². The molecule has 0 saturated heterocycles. The predicted octanol–water partition coefficient (Wildman–Crippen LogP) is 5.03. The monoisotopic (exact) mass is 423 g/mol. The van der Waals surface area contributed by atoms with E-state index in [-0.39, 0.29) is 12.5 Å². The molecule has 1 atom stereocenters. The summed E-state index contributed by atoms with van der Waals surface area (Å²) in [4.78, 5) is 14.0. The Morgan fingerprint density at radius 1 is 1.10 bits per heavy atom. The molecule has 0 radical (unpaired) electrons. The summed E-state index contributed by atoms with van der Waals surface area (Å²) in [6.07, 6.45) is 0. The van der Waals surface area contributed by atoms with Gasteiger partial charge in [0, 0.05) is 10.4 Å². The molecule has 2 heterocycles. The van der Waals surface area contributed by atoms with Gasteiger partial charge < -0.3 is 15.2 Å². The van der Waals surface area contributed by atoms with Crippen LogP contribution in [-0.4, -0.2) is 24.2 Å². The normalized spacial score (nSPS) is 13.2. The minimum atomic E-state index is -1.28. The van der Waals surface area contributed by atoms with Gasteiger partial charge in [-0.25, -0.2) is 0 Å². The number of hydrogen-bond donors (Lipinski definition) is 2. The third kappa shape index (κ3) is 3.79. The molecule has 0 fully saturated rings. The van der Waals surface area contributed by atoms with Crippen LogP contribution in [-0.2, 0) is 5.60 Å². The molecule has 29 heavy (non-hydrogen) atoms. The van der Waals surface area contributed by atoms with E-state index in [2.05, 4.69) is 5.32 Å². The van der Waals surface area contributed by atoms with Gasteiger partial charge in [0.05, 0.1) is 18.7 Å². The fraction of sp³-hybridized carbons (Fsp3) is 0.174. The highest BCUT2D eigenvalue weighted by Crippen LogP contribution is 2.34. The molecule has 1 amide bonds. The average Bonchev–Trinajstić information content (AvgIpc) is 3.46. The molecular weight excluding hydrogens is 402 g/mol. The van der Waals surface area contributed by atoms with Crippen molar-refractivity contribution in [3.05, 3.63) is 86.7 Å². The van der Waals surface area contributed by atoms with Gasteiger partial charge in [0.2, 0.25) is 0 Å². The summed E-state index contributed by atoms with van der Waals surface area (Å²) in [6, 6.07) is 17.2. The summed E-state index contributed by atoms with van der Waals surface area (Å²) in [6.45, 7) is 2.42. The third-order valence-electron chi connectivity index (χ3n) is 4.85. The van der Waals surface area contributed by atoms with Gasteiger partial charge in [0.1, 0.15) is 11.4 Å². The van der Waals surface area contributed by atoms with Gasteiger partial charge in [0.25, 0.3) is 5.91 Å². The quantitative estimate of drug-likeness (QED) is 0.438. The number of carbonyl (C=O) groups is 1. The third-order valence-corrected chi connectivity index (χ3v) is 6.55. The Kier molecular flexibility index (Phi) is 5.67. The van der Waals surface area contributed by atoms with Crippen LogP contribution < -0.4 is 10.1 Å². The second kappa shape index (κ2) is 8.37. The van der Waals surface area contributed by atoms with Crippen LogP contribution in [0, 0.1) is 0 Å². The van der Waals surface area contributed by atoms with Gasteiger partial charge in [-0.15, -0.1) is 11.3 Å². The first-order chi connectivity index (χ1) is 14.1. The van der Waals surface area contributed by atoms with E-state index in [4.69, 9.17) is 4.74 Å². The molecule has 2 aromatic carbocycles. The van der Waals surface area contributed by atoms with E-state index in [0.717, 1.165) is 21.2 Å². The molecule has 6 heteroatoms. The van der Waals surface area contributed by atoms with Crippen molar-refractivity contribution in [1.29, 1.82) is 0 Å². The molecule has 0 aliphatic carbocycles. The van der Waals surface area contributed by atoms with Gasteiger partial charge in [-0.1, -0.05) is 36.4 Å². The Labute approximate surface area is 177 Å². The van der Waals surface area contributed by atoms with E-state index in [1.807, 2.05) is 77.7 Å². The van der Waals surface area contributed by atoms with E-state index in [1.165, 1.54) is 22.7 Å². The van der Waals surface area contributed by atoms with Crippen molar-refractivity contribution in [2.45, 2.75) is 12.5 Å². The lowest BCUT2D eigenvalue weighted by molar-refractivity contribution is 0.0720. The number of nitrogens with one attached hydrogen (secondary N) is 1. The summed E-state index contributed by atoms with van der Waals surface area (Å²) in [5.74, 6) is 0.273. The van der Waals surface area contributed by atoms with Crippen molar-refractivity contribution in [3.63, 3.8) is 0 Å². The van der Waals surface area contributed by atoms with E-state index in [9.17, 15) is 9.90 Å². The van der Waals surface area contributed by atoms with E-state index >= 15 is 0 Å². The molecule has 2 aromatic heterocycles. The number of ether oxygens (including phenoxy) is 1. The number of thiophene rings is 2. The minimum absolute atomic E-state index is 0.0673. The predicted molar refractivity (Wildman–Crippen MR) is 119 cm³/mol. The highest BCUT2D eigenvalue weighted by atomic mass is 32.1. The van der Waals surface area contributed by atoms with E-state index < -0.39 is 5.60 Å². The van der Waals surface area contributed by atoms with Crippen molar-refractivity contribution < 1.29 is 14.6 Å². The molecule has 4 rings (SSSR count). The highest BCUT2D eigenvalue weighted by Gasteiger charge is 2.34. The summed E-state index contributed by atoms with van der Waals surface area (Å²) < 4.78 is 5.72. The number of fused-ring (bicyclic) bond motifs is 1. The number of aliphatic hydroxyl groups is 1. The van der Waals surface area contributed by atoms with Crippen molar-refractivity contribution in [2.24, 2.45) is 0 Å². The van der Waals surface area contributed by atoms with Crippen LogP contribution in [0.15, 0.2) is 70.7 Å². The van der Waals surface area contributed by atoms with Gasteiger partial charge in [-0.2, -0.15) is 11.3 Å². The molecular formula is C23H21NO3S2. The molecule has 148 valence electrons. The fourth-order valence-corrected chi connectivity index (χ4v) is 4.97. The topological polar surface area (TPSA) is 58.6 Å². The molecule has 2 N–H and O–H groups in total. The second-order valence-electron chi connectivity index (χ2n) is 6.63. The zero-order chi connectivity index (χ0) is 20.3. The maximum atomic E-state index is 13.2. The number of hydrogen-bond acceptors (Lipinski definition) is 5. The number of rotatable bonds is 7. The summed E-state index contributed by atoms with van der Waals surface area (Å²) in [5, 5.41) is 22.0. The van der Waals surface area contributed by atoms with Crippen LogP contribution in [0.25, 0.3) is 10.8 Å². The zero-order valence-electron chi connectivity index (χ0n) is 15.9. The Bertz CT molecular complexity index is 1070. The summed E-state index contributed by atoms with van der Waals surface area (Å²) >= 11 is 2.99. The fourth-order valence-electron chi connectivity index (χ4n) is 3.40. The zero-order valence-corrected chi connectivity index (χ0v) is 17.6. The van der Waals surface area contributed by atoms with Gasteiger partial charge in [-0.3, -0.25) is 4.79 Å². The molecule has 0 spiro atoms. The first-order valence-electron chi connectivity index (χ1n) is 9.35. The molecule has 4 nitrogen and oxygen atoms in total. The Morgan fingerprint density at radius 3 is 2.69 bits per heavy atom. The van der Waals surface area contributed by atoms with Crippen LogP contribution >= 0.6 is 22.7 Å². The van der Waals surface area contributed by atoms with Crippen LogP contribution in [0.1, 0.15) is 27.7 Å². The van der Waals surface area contributed by atoms with E-state index in [0.29, 0.717) is 17.9 Å². The summed E-state index contributed by atoms with van der Waals surface area (Å²) in [5.41, 5.74) is -0.0165. The van der Waals surface area contributed by atoms with Crippen LogP contribution in [0.3, 0.4) is 0 Å². The molecule has 1 unspecified atom stereocenters. The SMILES string of the molecule is CCOc1ccc2ccccc2c1C(=O)NCC(O)(c1ccsc1)c1cccs1. The van der Waals surface area contributed by atoms with Gasteiger partial charge in [0.15, 0.2) is 0 Å². The van der Waals surface area contributed by atoms with Crippen LogP contribution in [0.4, 0.5) is 0 Å². The second-order valence-corrected chi connectivity index (χ2v) is 8.35. The van der Waals surface area contributed by atoms with Gasteiger partial charge >= 0.3 is 0 Å². The largest absolute Gasteiger partial charge is 0.493 e. The number of benzene rings is 2. The van der Waals surface area contributed by atoms with Crippen LogP contribution in [0.2, 0.25) is 0 Å². The standard InChI is InChI=1S/C23H21NO3S2/c1-2-27-19-10-9-16-6-3-4-7-18(16)21(19)22(25)24-15-23(26,17-11-13-28-14-17)20-8-5-12-29-20/h3-14,26H,2,15H2,1H3,(H,24,25). The highest BCUT2D eigenvalue weighted by molar-refractivity contribution is 7.10. The number of amides is 1. The average molecular weight is 424 g/mol. The smallest absolute Gasteiger partial charge is 0.255 e. The first-order valence-corrected chi connectivity index (χ1v) is 11.2. The maximum Gasteiger partial charge on any atom is 0.255 e. The maximum absolute atomic E-state index is 13.2. The van der Waals surface area contributed by atoms with Crippen molar-refractivity contribution in [1.82, 2.24) is 5.32 Å². The molecule has 0 saturated carbocycles. The molecule has 4 aromatic rings. The van der Waals surface area contributed by atoms with E-state index in [1.54, 1.807) is 0 Å². The first kappa shape index (κ1) is 19.6. The Hall–Kier alpha value is -2.67. The molecule has 0 bridgehead atoms. The summed E-state index contributed by atoms with van der Waals surface area (Å²) in [7, 11) is 0. The van der Waals surface area contributed by atoms with Crippen molar-refractivity contribution in [2.75, 3.05) is 13.2 Å². The number of carbonyl (C=O) groups excluding carboxylic acids is 1. The lowest BCUT2D eigenvalue weighted by atomic mass is 9.94.